The minimum atomic E-state index is -0.584. The molecule has 0 saturated heterocycles. The van der Waals surface area contributed by atoms with Crippen LogP contribution in [-0.2, 0) is 11.8 Å². The monoisotopic (exact) mass is 433 g/mol. The fraction of sp³-hybridized carbons (Fsp3) is 0.158. The molecule has 0 atom stereocenters. The Morgan fingerprint density at radius 3 is 2.59 bits per heavy atom. The highest BCUT2D eigenvalue weighted by atomic mass is 79.9. The lowest BCUT2D eigenvalue weighted by atomic mass is 10.3. The lowest BCUT2D eigenvalue weighted by Gasteiger charge is -2.08. The van der Waals surface area contributed by atoms with E-state index in [1.54, 1.807) is 36.9 Å². The Hall–Kier alpha value is -2.87. The van der Waals surface area contributed by atoms with Gasteiger partial charge in [-0.1, -0.05) is 34.1 Å². The van der Waals surface area contributed by atoms with Gasteiger partial charge in [-0.15, -0.1) is 0 Å². The van der Waals surface area contributed by atoms with Gasteiger partial charge in [-0.05, 0) is 37.3 Å². The van der Waals surface area contributed by atoms with Gasteiger partial charge in [0.1, 0.15) is 5.69 Å². The minimum Gasteiger partial charge on any atom is -0.481 e. The van der Waals surface area contributed by atoms with Crippen molar-refractivity contribution in [3.05, 3.63) is 74.9 Å². The first kappa shape index (κ1) is 18.9. The fourth-order valence-electron chi connectivity index (χ4n) is 2.62. The van der Waals surface area contributed by atoms with Gasteiger partial charge < -0.3 is 10.1 Å². The van der Waals surface area contributed by atoms with Crippen molar-refractivity contribution < 1.29 is 13.9 Å². The molecule has 0 aliphatic carbocycles. The van der Waals surface area contributed by atoms with Crippen LogP contribution in [0, 0.1) is 12.7 Å². The zero-order chi connectivity index (χ0) is 19.6. The Kier molecular flexibility index (Phi) is 5.46. The average Bonchev–Trinajstić information content (AvgIpc) is 2.85. The molecule has 3 aromatic rings. The third kappa shape index (κ3) is 3.95. The number of aromatic nitrogens is 2. The summed E-state index contributed by atoms with van der Waals surface area (Å²) in [6, 6.07) is 13.4. The number of para-hydroxylation sites is 1. The number of amides is 1. The lowest BCUT2D eigenvalue weighted by molar-refractivity contribution is -0.118. The second kappa shape index (κ2) is 7.79. The number of hydrogen-bond donors (Lipinski definition) is 1. The summed E-state index contributed by atoms with van der Waals surface area (Å²) in [5.74, 6) is -1.18. The summed E-state index contributed by atoms with van der Waals surface area (Å²) in [5.41, 5.74) is 1.07. The highest BCUT2D eigenvalue weighted by Gasteiger charge is 2.18. The normalized spacial score (nSPS) is 10.7. The van der Waals surface area contributed by atoms with Crippen molar-refractivity contribution in [3.8, 4) is 11.4 Å². The van der Waals surface area contributed by atoms with Crippen LogP contribution in [0.4, 0.5) is 10.1 Å². The van der Waals surface area contributed by atoms with Gasteiger partial charge in [-0.25, -0.2) is 9.07 Å². The van der Waals surface area contributed by atoms with Crippen molar-refractivity contribution in [2.75, 3.05) is 11.9 Å². The summed E-state index contributed by atoms with van der Waals surface area (Å²) in [4.78, 5) is 24.9. The molecule has 1 heterocycles. The summed E-state index contributed by atoms with van der Waals surface area (Å²) in [5, 5.41) is 2.56. The van der Waals surface area contributed by atoms with Crippen LogP contribution in [0.3, 0.4) is 0 Å². The second-order valence-electron chi connectivity index (χ2n) is 5.85. The first-order chi connectivity index (χ1) is 12.9. The second-order valence-corrected chi connectivity index (χ2v) is 6.76. The molecule has 27 heavy (non-hydrogen) atoms. The van der Waals surface area contributed by atoms with Crippen molar-refractivity contribution >= 4 is 27.5 Å². The standard InChI is InChI=1S/C19H17BrFN3O3/c1-12-18(19(26)24(23(12)2)14-6-4-3-5-7-14)22-17(25)11-27-16-9-8-13(20)10-15(16)21/h3-10H,11H2,1-2H3,(H,22,25). The quantitative estimate of drug-likeness (QED) is 0.670. The van der Waals surface area contributed by atoms with Crippen LogP contribution in [0.5, 0.6) is 5.75 Å². The van der Waals surface area contributed by atoms with E-state index >= 15 is 0 Å². The molecule has 6 nitrogen and oxygen atoms in total. The number of hydrogen-bond acceptors (Lipinski definition) is 3. The van der Waals surface area contributed by atoms with E-state index in [-0.39, 0.29) is 17.0 Å². The molecular formula is C19H17BrFN3O3. The van der Waals surface area contributed by atoms with Crippen LogP contribution in [-0.4, -0.2) is 21.9 Å². The molecule has 0 aliphatic rings. The Bertz CT molecular complexity index is 1040. The number of nitrogens with zero attached hydrogens (tertiary/aromatic N) is 2. The van der Waals surface area contributed by atoms with Crippen LogP contribution >= 0.6 is 15.9 Å². The third-order valence-corrected chi connectivity index (χ3v) is 4.56. The maximum Gasteiger partial charge on any atom is 0.295 e. The van der Waals surface area contributed by atoms with Gasteiger partial charge >= 0.3 is 0 Å². The molecule has 0 spiro atoms. The molecule has 0 saturated carbocycles. The fourth-order valence-corrected chi connectivity index (χ4v) is 2.96. The molecule has 2 aromatic carbocycles. The summed E-state index contributed by atoms with van der Waals surface area (Å²) in [6.45, 7) is 1.31. The van der Waals surface area contributed by atoms with Crippen molar-refractivity contribution in [2.45, 2.75) is 6.92 Å². The van der Waals surface area contributed by atoms with Gasteiger partial charge in [0.25, 0.3) is 11.5 Å². The Labute approximate surface area is 163 Å². The number of anilines is 1. The molecule has 8 heteroatoms. The molecular weight excluding hydrogens is 417 g/mol. The molecule has 1 N–H and O–H groups in total. The molecule has 0 bridgehead atoms. The number of nitrogens with one attached hydrogen (secondary N) is 1. The van der Waals surface area contributed by atoms with Crippen LogP contribution in [0.2, 0.25) is 0 Å². The smallest absolute Gasteiger partial charge is 0.295 e. The number of benzene rings is 2. The van der Waals surface area contributed by atoms with E-state index in [4.69, 9.17) is 4.74 Å². The zero-order valence-corrected chi connectivity index (χ0v) is 16.3. The number of rotatable bonds is 5. The number of carbonyl (C=O) groups excluding carboxylic acids is 1. The predicted molar refractivity (Wildman–Crippen MR) is 104 cm³/mol. The van der Waals surface area contributed by atoms with E-state index in [1.807, 2.05) is 18.2 Å². The molecule has 140 valence electrons. The summed E-state index contributed by atoms with van der Waals surface area (Å²) in [6.07, 6.45) is 0. The van der Waals surface area contributed by atoms with E-state index in [2.05, 4.69) is 21.2 Å². The van der Waals surface area contributed by atoms with Crippen molar-refractivity contribution in [2.24, 2.45) is 7.05 Å². The first-order valence-electron chi connectivity index (χ1n) is 8.10. The van der Waals surface area contributed by atoms with Crippen molar-refractivity contribution in [3.63, 3.8) is 0 Å². The SMILES string of the molecule is Cc1c(NC(=O)COc2ccc(Br)cc2F)c(=O)n(-c2ccccc2)n1C. The highest BCUT2D eigenvalue weighted by molar-refractivity contribution is 9.10. The van der Waals surface area contributed by atoms with Crippen molar-refractivity contribution in [1.29, 1.82) is 0 Å². The first-order valence-corrected chi connectivity index (χ1v) is 8.89. The third-order valence-electron chi connectivity index (χ3n) is 4.07. The van der Waals surface area contributed by atoms with Gasteiger partial charge in [0.05, 0.1) is 11.4 Å². The molecule has 0 aliphatic heterocycles. The van der Waals surface area contributed by atoms with E-state index < -0.39 is 18.3 Å². The van der Waals surface area contributed by atoms with E-state index in [1.165, 1.54) is 16.8 Å². The van der Waals surface area contributed by atoms with Crippen molar-refractivity contribution in [1.82, 2.24) is 9.36 Å². The molecule has 0 fully saturated rings. The lowest BCUT2D eigenvalue weighted by Crippen LogP contribution is -2.25. The predicted octanol–water partition coefficient (Wildman–Crippen LogP) is 3.40. The number of carbonyl (C=O) groups is 1. The Balaban J connectivity index is 1.78. The van der Waals surface area contributed by atoms with E-state index in [0.717, 1.165) is 0 Å². The number of halogens is 2. The largest absolute Gasteiger partial charge is 0.481 e. The topological polar surface area (TPSA) is 65.3 Å². The summed E-state index contributed by atoms with van der Waals surface area (Å²) >= 11 is 3.15. The van der Waals surface area contributed by atoms with E-state index in [9.17, 15) is 14.0 Å². The zero-order valence-electron chi connectivity index (χ0n) is 14.7. The Morgan fingerprint density at radius 2 is 1.93 bits per heavy atom. The van der Waals surface area contributed by atoms with Gasteiger partial charge in [-0.2, -0.15) is 0 Å². The van der Waals surface area contributed by atoms with Crippen LogP contribution < -0.4 is 15.6 Å². The van der Waals surface area contributed by atoms with Gasteiger partial charge in [-0.3, -0.25) is 14.3 Å². The summed E-state index contributed by atoms with van der Waals surface area (Å²) in [7, 11) is 1.73. The highest BCUT2D eigenvalue weighted by Crippen LogP contribution is 2.21. The number of ether oxygens (including phenoxy) is 1. The maximum atomic E-state index is 13.8. The molecule has 3 rings (SSSR count). The van der Waals surface area contributed by atoms with Gasteiger partial charge in [0.15, 0.2) is 18.2 Å². The Morgan fingerprint density at radius 1 is 1.22 bits per heavy atom. The molecule has 1 amide bonds. The van der Waals surface area contributed by atoms with Gasteiger partial charge in [0.2, 0.25) is 0 Å². The van der Waals surface area contributed by atoms with Crippen LogP contribution in [0.1, 0.15) is 5.69 Å². The van der Waals surface area contributed by atoms with Gasteiger partial charge in [0, 0.05) is 11.5 Å². The van der Waals surface area contributed by atoms with Crippen LogP contribution in [0.15, 0.2) is 57.8 Å². The van der Waals surface area contributed by atoms with Crippen LogP contribution in [0.25, 0.3) is 5.69 Å². The molecule has 1 aromatic heterocycles. The molecule has 0 unspecified atom stereocenters. The minimum absolute atomic E-state index is 0.0418. The average molecular weight is 434 g/mol. The maximum absolute atomic E-state index is 13.8. The van der Waals surface area contributed by atoms with E-state index in [0.29, 0.717) is 15.9 Å². The summed E-state index contributed by atoms with van der Waals surface area (Å²) < 4.78 is 22.6. The molecule has 0 radical (unpaired) electrons.